The number of H-pyrrole nitrogens is 1. The highest BCUT2D eigenvalue weighted by atomic mass is 32.1. The smallest absolute Gasteiger partial charge is 0.321 e. The normalized spacial score (nSPS) is 30.9. The number of nitrogens with zero attached hydrogens (tertiary/aromatic N) is 3. The maximum absolute atomic E-state index is 12.6. The molecule has 2 N–H and O–H groups in total. The topological polar surface area (TPSA) is 83.1 Å². The molecule has 0 spiro atoms. The predicted molar refractivity (Wildman–Crippen MR) is 85.1 cm³/mol. The number of aromatic nitrogens is 3. The molecule has 2 bridgehead atoms. The van der Waals surface area contributed by atoms with Crippen molar-refractivity contribution < 1.29 is 9.53 Å². The van der Waals surface area contributed by atoms with Gasteiger partial charge in [0.05, 0.1) is 24.1 Å². The maximum Gasteiger partial charge on any atom is 0.321 e. The minimum Gasteiger partial charge on any atom is -0.366 e. The molecule has 7 nitrogen and oxygen atoms in total. The zero-order valence-electron chi connectivity index (χ0n) is 12.2. The number of amides is 2. The van der Waals surface area contributed by atoms with E-state index in [1.807, 2.05) is 10.3 Å². The SMILES string of the molecule is O=C(Nc1cn[nH]c1-c1nccs1)N1C[C@H]2[C@H](C1)[C@H]1C=C[C@H]2O1. The minimum atomic E-state index is -0.0852. The molecule has 2 saturated heterocycles. The summed E-state index contributed by atoms with van der Waals surface area (Å²) in [6, 6.07) is -0.0852. The second-order valence-electron chi connectivity index (χ2n) is 6.11. The Balaban J connectivity index is 1.31. The molecule has 2 aromatic heterocycles. The zero-order valence-corrected chi connectivity index (χ0v) is 13.0. The third kappa shape index (κ3) is 2.02. The van der Waals surface area contributed by atoms with Crippen LogP contribution in [0.3, 0.4) is 0 Å². The number of fused-ring (bicyclic) bond motifs is 5. The van der Waals surface area contributed by atoms with E-state index < -0.39 is 0 Å². The predicted octanol–water partition coefficient (Wildman–Crippen LogP) is 1.95. The molecule has 8 heteroatoms. The van der Waals surface area contributed by atoms with Crippen molar-refractivity contribution in [2.75, 3.05) is 18.4 Å². The van der Waals surface area contributed by atoms with Gasteiger partial charge in [-0.3, -0.25) is 5.10 Å². The number of likely N-dealkylation sites (tertiary alicyclic amines) is 1. The minimum absolute atomic E-state index is 0.0852. The lowest BCUT2D eigenvalue weighted by atomic mass is 9.86. The number of hydrogen-bond acceptors (Lipinski definition) is 5. The standard InChI is InChI=1S/C15H15N5O2S/c21-15(18-10-5-17-19-13(10)14-16-3-4-23-14)20-6-8-9(7-20)12-2-1-11(8)22-12/h1-5,8-9,11-12H,6-7H2,(H,17,19)(H,18,21)/t8-,9-,11+,12+/m0/s1. The second-order valence-corrected chi connectivity index (χ2v) is 7.00. The number of anilines is 1. The van der Waals surface area contributed by atoms with Crippen molar-refractivity contribution in [3.05, 3.63) is 29.9 Å². The summed E-state index contributed by atoms with van der Waals surface area (Å²) >= 11 is 1.50. The van der Waals surface area contributed by atoms with Gasteiger partial charge in [0, 0.05) is 36.5 Å². The van der Waals surface area contributed by atoms with Crippen LogP contribution >= 0.6 is 11.3 Å². The number of thiazole rings is 1. The summed E-state index contributed by atoms with van der Waals surface area (Å²) in [4.78, 5) is 18.7. The number of rotatable bonds is 2. The molecule has 3 aliphatic rings. The first-order chi connectivity index (χ1) is 11.3. The Morgan fingerprint density at radius 2 is 2.13 bits per heavy atom. The number of carbonyl (C=O) groups is 1. The maximum atomic E-state index is 12.6. The van der Waals surface area contributed by atoms with Crippen LogP contribution in [0.2, 0.25) is 0 Å². The quantitative estimate of drug-likeness (QED) is 0.825. The van der Waals surface area contributed by atoms with E-state index in [4.69, 9.17) is 4.74 Å². The molecule has 5 heterocycles. The largest absolute Gasteiger partial charge is 0.366 e. The van der Waals surface area contributed by atoms with Crippen LogP contribution in [-0.2, 0) is 4.74 Å². The molecule has 5 rings (SSSR count). The first-order valence-corrected chi connectivity index (χ1v) is 8.50. The molecule has 2 amide bonds. The van der Waals surface area contributed by atoms with Gasteiger partial charge < -0.3 is 15.0 Å². The summed E-state index contributed by atoms with van der Waals surface area (Å²) in [5.41, 5.74) is 1.41. The summed E-state index contributed by atoms with van der Waals surface area (Å²) in [5.74, 6) is 0.858. The van der Waals surface area contributed by atoms with Gasteiger partial charge in [-0.1, -0.05) is 12.2 Å². The highest BCUT2D eigenvalue weighted by Crippen LogP contribution is 2.43. The van der Waals surface area contributed by atoms with E-state index >= 15 is 0 Å². The molecule has 2 fully saturated rings. The molecule has 0 unspecified atom stereocenters. The van der Waals surface area contributed by atoms with Crippen LogP contribution in [0.15, 0.2) is 29.9 Å². The van der Waals surface area contributed by atoms with E-state index in [1.54, 1.807) is 12.4 Å². The number of hydrogen-bond donors (Lipinski definition) is 2. The number of ether oxygens (including phenoxy) is 1. The highest BCUT2D eigenvalue weighted by Gasteiger charge is 2.51. The molecule has 118 valence electrons. The summed E-state index contributed by atoms with van der Waals surface area (Å²) < 4.78 is 5.85. The van der Waals surface area contributed by atoms with Gasteiger partial charge in [-0.05, 0) is 0 Å². The van der Waals surface area contributed by atoms with Gasteiger partial charge in [0.1, 0.15) is 10.7 Å². The van der Waals surface area contributed by atoms with Crippen molar-refractivity contribution in [1.29, 1.82) is 0 Å². The number of aromatic amines is 1. The van der Waals surface area contributed by atoms with Crippen molar-refractivity contribution >= 4 is 23.1 Å². The molecule has 3 aliphatic heterocycles. The Labute approximate surface area is 136 Å². The first kappa shape index (κ1) is 13.3. The molecule has 0 aromatic carbocycles. The Hall–Kier alpha value is -2.19. The van der Waals surface area contributed by atoms with E-state index in [9.17, 15) is 4.79 Å². The summed E-state index contributed by atoms with van der Waals surface area (Å²) in [6.45, 7) is 1.49. The van der Waals surface area contributed by atoms with Gasteiger partial charge in [-0.15, -0.1) is 11.3 Å². The molecular formula is C15H15N5O2S. The van der Waals surface area contributed by atoms with Gasteiger partial charge in [-0.25, -0.2) is 9.78 Å². The van der Waals surface area contributed by atoms with Crippen molar-refractivity contribution in [2.24, 2.45) is 11.8 Å². The van der Waals surface area contributed by atoms with Crippen molar-refractivity contribution in [1.82, 2.24) is 20.1 Å². The Bertz CT molecular complexity index is 751. The van der Waals surface area contributed by atoms with Gasteiger partial charge in [-0.2, -0.15) is 5.10 Å². The van der Waals surface area contributed by atoms with Crippen LogP contribution in [0.25, 0.3) is 10.7 Å². The van der Waals surface area contributed by atoms with Crippen molar-refractivity contribution in [3.8, 4) is 10.7 Å². The zero-order chi connectivity index (χ0) is 15.4. The number of urea groups is 1. The van der Waals surface area contributed by atoms with E-state index in [0.717, 1.165) is 23.8 Å². The van der Waals surface area contributed by atoms with Crippen LogP contribution in [0.1, 0.15) is 0 Å². The molecule has 4 atom stereocenters. The summed E-state index contributed by atoms with van der Waals surface area (Å²) in [6.07, 6.45) is 7.98. The van der Waals surface area contributed by atoms with Crippen LogP contribution in [0, 0.1) is 11.8 Å². The number of carbonyl (C=O) groups excluding carboxylic acids is 1. The van der Waals surface area contributed by atoms with Crippen LogP contribution in [0.5, 0.6) is 0 Å². The summed E-state index contributed by atoms with van der Waals surface area (Å²) in [7, 11) is 0. The van der Waals surface area contributed by atoms with E-state index in [0.29, 0.717) is 17.5 Å². The van der Waals surface area contributed by atoms with E-state index in [1.165, 1.54) is 11.3 Å². The van der Waals surface area contributed by atoms with Crippen molar-refractivity contribution in [3.63, 3.8) is 0 Å². The fourth-order valence-electron chi connectivity index (χ4n) is 3.78. The monoisotopic (exact) mass is 329 g/mol. The molecule has 0 aliphatic carbocycles. The third-order valence-electron chi connectivity index (χ3n) is 4.88. The molecule has 2 aromatic rings. The molecular weight excluding hydrogens is 314 g/mol. The van der Waals surface area contributed by atoms with Crippen LogP contribution in [0.4, 0.5) is 10.5 Å². The van der Waals surface area contributed by atoms with Crippen LogP contribution < -0.4 is 5.32 Å². The van der Waals surface area contributed by atoms with Gasteiger partial charge in [0.2, 0.25) is 0 Å². The van der Waals surface area contributed by atoms with E-state index in [2.05, 4.69) is 32.7 Å². The average molecular weight is 329 g/mol. The van der Waals surface area contributed by atoms with Crippen molar-refractivity contribution in [2.45, 2.75) is 12.2 Å². The Morgan fingerprint density at radius 3 is 2.83 bits per heavy atom. The van der Waals surface area contributed by atoms with Gasteiger partial charge >= 0.3 is 6.03 Å². The first-order valence-electron chi connectivity index (χ1n) is 7.62. The van der Waals surface area contributed by atoms with Crippen LogP contribution in [-0.4, -0.2) is 51.4 Å². The van der Waals surface area contributed by atoms with Gasteiger partial charge in [0.15, 0.2) is 0 Å². The van der Waals surface area contributed by atoms with E-state index in [-0.39, 0.29) is 18.2 Å². The summed E-state index contributed by atoms with van der Waals surface area (Å²) in [5, 5.41) is 12.6. The fourth-order valence-corrected chi connectivity index (χ4v) is 4.42. The number of nitrogens with one attached hydrogen (secondary N) is 2. The van der Waals surface area contributed by atoms with Gasteiger partial charge in [0.25, 0.3) is 0 Å². The molecule has 23 heavy (non-hydrogen) atoms. The second kappa shape index (κ2) is 4.90. The molecule has 0 radical (unpaired) electrons. The fraction of sp³-hybridized carbons (Fsp3) is 0.400. The third-order valence-corrected chi connectivity index (χ3v) is 5.67. The Morgan fingerprint density at radius 1 is 1.35 bits per heavy atom. The Kier molecular flexibility index (Phi) is 2.83. The lowest BCUT2D eigenvalue weighted by Crippen LogP contribution is -2.35. The lowest BCUT2D eigenvalue weighted by molar-refractivity contribution is 0.0892. The average Bonchev–Trinajstić information content (AvgIpc) is 3.31. The molecule has 0 saturated carbocycles. The lowest BCUT2D eigenvalue weighted by Gasteiger charge is -2.19. The highest BCUT2D eigenvalue weighted by molar-refractivity contribution is 7.13.